The fraction of sp³-hybridized carbons (Fsp3) is 0.438. The highest BCUT2D eigenvalue weighted by Crippen LogP contribution is 2.58. The van der Waals surface area contributed by atoms with Crippen LogP contribution in [0, 0.1) is 0 Å². The number of carbonyl (C=O) groups is 3. The Morgan fingerprint density at radius 2 is 2.17 bits per heavy atom. The molecule has 13 heteroatoms. The minimum atomic E-state index is -4.87. The summed E-state index contributed by atoms with van der Waals surface area (Å²) >= 11 is 2.55. The summed E-state index contributed by atoms with van der Waals surface area (Å²) in [6.07, 6.45) is 0.0480. The number of carbonyl (C=O) groups excluding carboxylic acids is 3. The first-order valence-corrected chi connectivity index (χ1v) is 11.9. The topological polar surface area (TPSA) is 142 Å². The van der Waals surface area contributed by atoms with Gasteiger partial charge in [-0.05, 0) is 11.4 Å². The summed E-state index contributed by atoms with van der Waals surface area (Å²) in [5.41, 5.74) is -2.10. The van der Waals surface area contributed by atoms with E-state index in [4.69, 9.17) is 9.47 Å². The van der Waals surface area contributed by atoms with Crippen LogP contribution >= 0.6 is 30.7 Å². The molecule has 1 aromatic heterocycles. The molecule has 10 nitrogen and oxygen atoms in total. The SMILES string of the molecule is CO[C@@]1(NC(=O)Cc2cccs2)C(=O)N2C(P(=O)(O)O)=C(COC(C)=O)CS[C@H]21. The van der Waals surface area contributed by atoms with E-state index in [0.717, 1.165) is 21.5 Å². The smallest absolute Gasteiger partial charge is 0.372 e. The summed E-state index contributed by atoms with van der Waals surface area (Å²) in [6, 6.07) is 3.58. The van der Waals surface area contributed by atoms with Gasteiger partial charge in [0, 0.05) is 30.2 Å². The summed E-state index contributed by atoms with van der Waals surface area (Å²) in [7, 11) is -3.62. The van der Waals surface area contributed by atoms with E-state index in [-0.39, 0.29) is 24.4 Å². The van der Waals surface area contributed by atoms with Crippen LogP contribution in [0.2, 0.25) is 0 Å². The Bertz CT molecular complexity index is 912. The summed E-state index contributed by atoms with van der Waals surface area (Å²) in [4.78, 5) is 57.7. The first-order chi connectivity index (χ1) is 13.6. The lowest BCUT2D eigenvalue weighted by Crippen LogP contribution is -2.80. The maximum atomic E-state index is 12.9. The highest BCUT2D eigenvalue weighted by molar-refractivity contribution is 8.00. The van der Waals surface area contributed by atoms with E-state index >= 15 is 0 Å². The van der Waals surface area contributed by atoms with Crippen molar-refractivity contribution < 1.29 is 38.2 Å². The predicted octanol–water partition coefficient (Wildman–Crippen LogP) is 0.617. The van der Waals surface area contributed by atoms with E-state index in [1.165, 1.54) is 25.4 Å². The van der Waals surface area contributed by atoms with Crippen LogP contribution in [0.15, 0.2) is 28.5 Å². The average Bonchev–Trinajstić information content (AvgIpc) is 3.15. The highest BCUT2D eigenvalue weighted by Gasteiger charge is 2.67. The molecule has 2 aliphatic heterocycles. The Morgan fingerprint density at radius 3 is 2.72 bits per heavy atom. The zero-order valence-corrected chi connectivity index (χ0v) is 18.0. The summed E-state index contributed by atoms with van der Waals surface area (Å²) in [5, 5.41) is 3.53. The summed E-state index contributed by atoms with van der Waals surface area (Å²) in [5.74, 6) is -1.77. The van der Waals surface area contributed by atoms with E-state index in [0.29, 0.717) is 0 Å². The molecule has 0 radical (unpaired) electrons. The zero-order chi connectivity index (χ0) is 21.4. The van der Waals surface area contributed by atoms with Gasteiger partial charge in [-0.1, -0.05) is 6.07 Å². The molecule has 0 aromatic carbocycles. The van der Waals surface area contributed by atoms with Gasteiger partial charge in [-0.2, -0.15) is 0 Å². The number of hydrogen-bond donors (Lipinski definition) is 3. The summed E-state index contributed by atoms with van der Waals surface area (Å²) in [6.45, 7) is 0.828. The molecular weight excluding hydrogens is 443 g/mol. The first kappa shape index (κ1) is 22.0. The van der Waals surface area contributed by atoms with Crippen molar-refractivity contribution >= 4 is 48.5 Å². The van der Waals surface area contributed by atoms with Gasteiger partial charge in [0.15, 0.2) is 0 Å². The van der Waals surface area contributed by atoms with E-state index in [9.17, 15) is 28.7 Å². The molecule has 0 unspecified atom stereocenters. The van der Waals surface area contributed by atoms with Crippen molar-refractivity contribution in [2.75, 3.05) is 19.5 Å². The normalized spacial score (nSPS) is 24.1. The Hall–Kier alpha value is -1.69. The second-order valence-electron chi connectivity index (χ2n) is 6.33. The number of esters is 1. The van der Waals surface area contributed by atoms with Crippen molar-refractivity contribution in [3.8, 4) is 0 Å². The van der Waals surface area contributed by atoms with E-state index < -0.39 is 41.9 Å². The zero-order valence-electron chi connectivity index (χ0n) is 15.5. The number of amides is 2. The monoisotopic (exact) mass is 462 g/mol. The maximum absolute atomic E-state index is 12.9. The molecule has 3 N–H and O–H groups in total. The molecule has 158 valence electrons. The largest absolute Gasteiger partial charge is 0.461 e. The van der Waals surface area contributed by atoms with E-state index in [1.54, 1.807) is 12.1 Å². The number of thiophene rings is 1. The minimum Gasteiger partial charge on any atom is -0.461 e. The van der Waals surface area contributed by atoms with Crippen molar-refractivity contribution in [3.63, 3.8) is 0 Å². The lowest BCUT2D eigenvalue weighted by atomic mass is 10.0. The third-order valence-corrected chi connectivity index (χ3v) is 7.70. The third-order valence-electron chi connectivity index (χ3n) is 4.37. The lowest BCUT2D eigenvalue weighted by molar-refractivity contribution is -0.190. The first-order valence-electron chi connectivity index (χ1n) is 8.35. The number of nitrogens with zero attached hydrogens (tertiary/aromatic N) is 1. The molecule has 1 saturated heterocycles. The second-order valence-corrected chi connectivity index (χ2v) is 9.95. The van der Waals surface area contributed by atoms with Crippen LogP contribution in [0.3, 0.4) is 0 Å². The van der Waals surface area contributed by atoms with Crippen LogP contribution in [-0.4, -0.2) is 63.0 Å². The third kappa shape index (κ3) is 4.14. The van der Waals surface area contributed by atoms with Crippen LogP contribution in [0.1, 0.15) is 11.8 Å². The molecule has 1 aromatic rings. The number of nitrogens with one attached hydrogen (secondary N) is 1. The Labute approximate surface area is 174 Å². The number of β-lactam (4-membered cyclic amide) rings is 1. The van der Waals surface area contributed by atoms with Crippen LogP contribution < -0.4 is 5.32 Å². The number of ether oxygens (including phenoxy) is 2. The molecule has 2 atom stereocenters. The molecule has 0 aliphatic carbocycles. The van der Waals surface area contributed by atoms with Crippen molar-refractivity contribution in [2.45, 2.75) is 24.4 Å². The molecule has 29 heavy (non-hydrogen) atoms. The van der Waals surface area contributed by atoms with Crippen LogP contribution in [0.5, 0.6) is 0 Å². The van der Waals surface area contributed by atoms with E-state index in [2.05, 4.69) is 5.32 Å². The lowest BCUT2D eigenvalue weighted by Gasteiger charge is -2.56. The van der Waals surface area contributed by atoms with Gasteiger partial charge < -0.3 is 24.6 Å². The molecule has 0 saturated carbocycles. The summed E-state index contributed by atoms with van der Waals surface area (Å²) < 4.78 is 22.3. The van der Waals surface area contributed by atoms with Crippen molar-refractivity contribution in [1.82, 2.24) is 10.2 Å². The molecule has 3 rings (SSSR count). The number of hydrogen-bond acceptors (Lipinski definition) is 8. The molecule has 3 heterocycles. The number of thioether (sulfide) groups is 1. The Balaban J connectivity index is 1.85. The van der Waals surface area contributed by atoms with Gasteiger partial charge in [0.25, 0.3) is 11.6 Å². The fourth-order valence-corrected chi connectivity index (χ4v) is 6.49. The van der Waals surface area contributed by atoms with Gasteiger partial charge in [0.05, 0.1) is 6.42 Å². The van der Waals surface area contributed by atoms with Gasteiger partial charge in [-0.15, -0.1) is 23.1 Å². The Morgan fingerprint density at radius 1 is 1.45 bits per heavy atom. The van der Waals surface area contributed by atoms with Crippen LogP contribution in [0.25, 0.3) is 0 Å². The van der Waals surface area contributed by atoms with Gasteiger partial charge in [-0.25, -0.2) is 0 Å². The van der Waals surface area contributed by atoms with Crippen molar-refractivity contribution in [2.24, 2.45) is 0 Å². The minimum absolute atomic E-state index is 0.0480. The molecule has 0 spiro atoms. The maximum Gasteiger partial charge on any atom is 0.372 e. The second kappa shape index (κ2) is 8.21. The average molecular weight is 462 g/mol. The van der Waals surface area contributed by atoms with Crippen molar-refractivity contribution in [3.05, 3.63) is 33.4 Å². The number of methoxy groups -OCH3 is 1. The van der Waals surface area contributed by atoms with Crippen LogP contribution in [0.4, 0.5) is 0 Å². The van der Waals surface area contributed by atoms with Gasteiger partial charge in [0.1, 0.15) is 17.4 Å². The van der Waals surface area contributed by atoms with Crippen molar-refractivity contribution in [1.29, 1.82) is 0 Å². The predicted molar refractivity (Wildman–Crippen MR) is 105 cm³/mol. The molecule has 2 aliphatic rings. The fourth-order valence-electron chi connectivity index (χ4n) is 3.14. The number of fused-ring (bicyclic) bond motifs is 1. The number of rotatable bonds is 7. The molecule has 2 amide bonds. The van der Waals surface area contributed by atoms with E-state index in [1.807, 2.05) is 5.38 Å². The quantitative estimate of drug-likeness (QED) is 0.230. The van der Waals surface area contributed by atoms with Gasteiger partial charge in [0.2, 0.25) is 5.91 Å². The van der Waals surface area contributed by atoms with Gasteiger partial charge in [-0.3, -0.25) is 23.8 Å². The Kier molecular flexibility index (Phi) is 6.23. The van der Waals surface area contributed by atoms with Crippen LogP contribution in [-0.2, 0) is 34.8 Å². The van der Waals surface area contributed by atoms with Gasteiger partial charge >= 0.3 is 13.6 Å². The highest BCUT2D eigenvalue weighted by atomic mass is 32.2. The molecular formula is C16H19N2O8PS2. The standard InChI is InChI=1S/C16H19N2O8PS2/c1-9(19)26-7-10-8-29-15-16(25-2,14(21)18(15)13(10)27(22,23)24)17-12(20)6-11-4-3-5-28-11/h3-5,15H,6-8H2,1-2H3,(H,17,20)(H2,22,23,24)/t15-,16-/m0/s1. The molecule has 0 bridgehead atoms. The molecule has 1 fully saturated rings.